The third-order valence-corrected chi connectivity index (χ3v) is 2.78. The van der Waals surface area contributed by atoms with Crippen molar-refractivity contribution in [2.24, 2.45) is 0 Å². The van der Waals surface area contributed by atoms with E-state index in [1.165, 1.54) is 27.6 Å². The molecule has 0 aliphatic carbocycles. The largest absolute Gasteiger partial charge is 0.359 e. The summed E-state index contributed by atoms with van der Waals surface area (Å²) in [7, 11) is 6.89. The van der Waals surface area contributed by atoms with Gasteiger partial charge in [-0.15, -0.1) is 0 Å². The number of fused-ring (bicyclic) bond motifs is 1. The molecule has 1 heterocycles. The van der Waals surface area contributed by atoms with Crippen molar-refractivity contribution in [2.75, 3.05) is 0 Å². The Balaban J connectivity index is 2.66. The van der Waals surface area contributed by atoms with Gasteiger partial charge in [-0.25, -0.2) is 0 Å². The third kappa shape index (κ3) is 1.32. The van der Waals surface area contributed by atoms with Crippen LogP contribution in [0.15, 0.2) is 29.2 Å². The fourth-order valence-corrected chi connectivity index (χ4v) is 1.88. The molecule has 0 atom stereocenters. The highest BCUT2D eigenvalue weighted by Crippen LogP contribution is 2.26. The van der Waals surface area contributed by atoms with Crippen LogP contribution >= 0.6 is 21.7 Å². The fraction of sp³-hybridized carbons (Fsp3) is 0.111. The number of rotatable bonds is 1. The average Bonchev–Trinajstić information content (AvgIpc) is 2.43. The second-order valence-electron chi connectivity index (χ2n) is 2.78. The lowest BCUT2D eigenvalue weighted by Crippen LogP contribution is -1.68. The summed E-state index contributed by atoms with van der Waals surface area (Å²) in [4.78, 5) is 4.34. The topological polar surface area (TPSA) is 15.8 Å². The molecule has 2 aromatic rings. The zero-order chi connectivity index (χ0) is 8.55. The molecule has 0 amide bonds. The Morgan fingerprint density at radius 2 is 2.17 bits per heavy atom. The van der Waals surface area contributed by atoms with E-state index in [0.29, 0.717) is 0 Å². The molecule has 3 heteroatoms. The summed E-state index contributed by atoms with van der Waals surface area (Å²) in [5, 5.41) is 1.22. The van der Waals surface area contributed by atoms with Crippen molar-refractivity contribution in [3.05, 3.63) is 30.0 Å². The minimum atomic E-state index is 1.09. The van der Waals surface area contributed by atoms with Crippen LogP contribution in [0.4, 0.5) is 0 Å². The highest BCUT2D eigenvalue weighted by atomic mass is 35.7. The number of hydrogen-bond acceptors (Lipinski definition) is 1. The summed E-state index contributed by atoms with van der Waals surface area (Å²) in [6.07, 6.45) is 0. The average molecular weight is 198 g/mol. The maximum atomic E-state index is 5.64. The predicted octanol–water partition coefficient (Wildman–Crippen LogP) is 3.72. The molecule has 1 aromatic carbocycles. The van der Waals surface area contributed by atoms with E-state index < -0.39 is 0 Å². The highest BCUT2D eigenvalue weighted by molar-refractivity contribution is 8.21. The molecule has 0 fully saturated rings. The Hall–Kier alpha value is -0.600. The molecule has 2 rings (SSSR count). The van der Waals surface area contributed by atoms with Gasteiger partial charge in [-0.1, -0.05) is 0 Å². The van der Waals surface area contributed by atoms with Crippen molar-refractivity contribution in [1.82, 2.24) is 4.98 Å². The van der Waals surface area contributed by atoms with Crippen LogP contribution in [0, 0.1) is 6.92 Å². The molecule has 0 aliphatic heterocycles. The van der Waals surface area contributed by atoms with Crippen LogP contribution in [0.2, 0.25) is 0 Å². The molecule has 0 spiro atoms. The molecule has 0 saturated heterocycles. The highest BCUT2D eigenvalue weighted by Gasteiger charge is 1.98. The maximum Gasteiger partial charge on any atom is 0.0456 e. The number of aromatic nitrogens is 1. The van der Waals surface area contributed by atoms with Gasteiger partial charge in [0, 0.05) is 21.5 Å². The summed E-state index contributed by atoms with van der Waals surface area (Å²) in [6.45, 7) is 2.05. The molecule has 0 bridgehead atoms. The number of aromatic amines is 1. The minimum absolute atomic E-state index is 1.09. The van der Waals surface area contributed by atoms with Crippen LogP contribution in [0.25, 0.3) is 10.9 Å². The predicted molar refractivity (Wildman–Crippen MR) is 54.7 cm³/mol. The molecule has 1 nitrogen and oxygen atoms in total. The van der Waals surface area contributed by atoms with E-state index in [4.69, 9.17) is 10.7 Å². The lowest BCUT2D eigenvalue weighted by Gasteiger charge is -1.92. The van der Waals surface area contributed by atoms with Crippen molar-refractivity contribution < 1.29 is 0 Å². The summed E-state index contributed by atoms with van der Waals surface area (Å²) < 4.78 is 0. The van der Waals surface area contributed by atoms with Crippen molar-refractivity contribution >= 4 is 32.6 Å². The van der Waals surface area contributed by atoms with Crippen LogP contribution in [-0.2, 0) is 0 Å². The van der Waals surface area contributed by atoms with Crippen molar-refractivity contribution in [3.63, 3.8) is 0 Å². The number of benzene rings is 1. The maximum absolute atomic E-state index is 5.64. The van der Waals surface area contributed by atoms with E-state index in [-0.39, 0.29) is 0 Å². The number of aryl methyl sites for hydroxylation is 1. The normalized spacial score (nSPS) is 10.8. The minimum Gasteiger partial charge on any atom is -0.359 e. The van der Waals surface area contributed by atoms with E-state index >= 15 is 0 Å². The molecule has 0 saturated carbocycles. The summed E-state index contributed by atoms with van der Waals surface area (Å²) in [5.74, 6) is 0. The van der Waals surface area contributed by atoms with Crippen LogP contribution in [0.5, 0.6) is 0 Å². The van der Waals surface area contributed by atoms with Gasteiger partial charge in [0.25, 0.3) is 0 Å². The first-order valence-electron chi connectivity index (χ1n) is 3.67. The van der Waals surface area contributed by atoms with Gasteiger partial charge in [-0.2, -0.15) is 0 Å². The van der Waals surface area contributed by atoms with Crippen LogP contribution < -0.4 is 0 Å². The number of H-pyrrole nitrogens is 1. The molecule has 62 valence electrons. The fourth-order valence-electron chi connectivity index (χ4n) is 1.30. The van der Waals surface area contributed by atoms with Crippen molar-refractivity contribution in [2.45, 2.75) is 11.8 Å². The lowest BCUT2D eigenvalue weighted by atomic mass is 10.2. The van der Waals surface area contributed by atoms with Crippen LogP contribution in [0.3, 0.4) is 0 Å². The van der Waals surface area contributed by atoms with Crippen LogP contribution in [-0.4, -0.2) is 4.98 Å². The van der Waals surface area contributed by atoms with E-state index in [9.17, 15) is 0 Å². The quantitative estimate of drug-likeness (QED) is 0.737. The summed E-state index contributed by atoms with van der Waals surface area (Å²) in [6, 6.07) is 8.26. The van der Waals surface area contributed by atoms with Crippen molar-refractivity contribution in [1.29, 1.82) is 0 Å². The SMILES string of the molecule is Cc1cc2cc(SCl)ccc2[nH]1. The zero-order valence-corrected chi connectivity index (χ0v) is 8.17. The first kappa shape index (κ1) is 8.02. The van der Waals surface area contributed by atoms with Gasteiger partial charge in [0.15, 0.2) is 0 Å². The van der Waals surface area contributed by atoms with Gasteiger partial charge < -0.3 is 4.98 Å². The first-order chi connectivity index (χ1) is 5.79. The molecule has 0 unspecified atom stereocenters. The van der Waals surface area contributed by atoms with Gasteiger partial charge in [-0.3, -0.25) is 0 Å². The Morgan fingerprint density at radius 1 is 1.33 bits per heavy atom. The summed E-state index contributed by atoms with van der Waals surface area (Å²) in [5.41, 5.74) is 2.35. The molecule has 12 heavy (non-hydrogen) atoms. The van der Waals surface area contributed by atoms with Gasteiger partial charge in [0.2, 0.25) is 0 Å². The Bertz CT molecular complexity index is 408. The Kier molecular flexibility index (Phi) is 2.03. The van der Waals surface area contributed by atoms with Gasteiger partial charge in [0.05, 0.1) is 0 Å². The molecule has 1 aromatic heterocycles. The van der Waals surface area contributed by atoms with E-state index in [1.54, 1.807) is 0 Å². The monoisotopic (exact) mass is 197 g/mol. The Morgan fingerprint density at radius 3 is 2.92 bits per heavy atom. The van der Waals surface area contributed by atoms with Gasteiger partial charge >= 0.3 is 0 Å². The smallest absolute Gasteiger partial charge is 0.0456 e. The van der Waals surface area contributed by atoms with E-state index in [1.807, 2.05) is 19.1 Å². The second kappa shape index (κ2) is 3.04. The number of nitrogens with one attached hydrogen (secondary N) is 1. The standard InChI is InChI=1S/C9H8ClNS/c1-6-4-7-5-8(12-10)2-3-9(7)11-6/h2-5,11H,1H3. The second-order valence-corrected chi connectivity index (χ2v) is 3.87. The molecular formula is C9H8ClNS. The zero-order valence-electron chi connectivity index (χ0n) is 6.60. The number of hydrogen-bond donors (Lipinski definition) is 1. The molecular weight excluding hydrogens is 190 g/mol. The van der Waals surface area contributed by atoms with E-state index in [2.05, 4.69) is 17.1 Å². The van der Waals surface area contributed by atoms with Gasteiger partial charge in [0.1, 0.15) is 0 Å². The number of halogens is 1. The lowest BCUT2D eigenvalue weighted by molar-refractivity contribution is 1.30. The first-order valence-corrected chi connectivity index (χ1v) is 5.32. The van der Waals surface area contributed by atoms with Crippen LogP contribution in [0.1, 0.15) is 5.69 Å². The molecule has 1 N–H and O–H groups in total. The molecule has 0 aliphatic rings. The Labute approximate surface area is 79.6 Å². The van der Waals surface area contributed by atoms with E-state index in [0.717, 1.165) is 4.90 Å². The van der Waals surface area contributed by atoms with Gasteiger partial charge in [-0.05, 0) is 52.8 Å². The van der Waals surface area contributed by atoms with Crippen molar-refractivity contribution in [3.8, 4) is 0 Å². The third-order valence-electron chi connectivity index (χ3n) is 1.82. The summed E-state index contributed by atoms with van der Waals surface area (Å²) >= 11 is 0. The molecule has 0 radical (unpaired) electrons.